The van der Waals surface area contributed by atoms with E-state index in [-0.39, 0.29) is 29.4 Å². The second-order valence-corrected chi connectivity index (χ2v) is 13.8. The second-order valence-electron chi connectivity index (χ2n) is 13.8. The number of methoxy groups -OCH3 is 2. The van der Waals surface area contributed by atoms with Crippen molar-refractivity contribution >= 4 is 6.08 Å². The lowest BCUT2D eigenvalue weighted by atomic mass is 9.94. The fourth-order valence-corrected chi connectivity index (χ4v) is 6.05. The molecule has 0 aromatic carbocycles. The van der Waals surface area contributed by atoms with Crippen LogP contribution in [0.2, 0.25) is 0 Å². The number of allylic oxidation sites excluding steroid dienone is 3. The van der Waals surface area contributed by atoms with Gasteiger partial charge in [-0.1, -0.05) is 42.9 Å². The van der Waals surface area contributed by atoms with Gasteiger partial charge in [0.1, 0.15) is 48.8 Å². The quantitative estimate of drug-likeness (QED) is 0.0794. The molecule has 3 heterocycles. The first-order chi connectivity index (χ1) is 24.9. The standard InChI is InChI=1S/C37H57NO15/c1-9-19(3)32(53-36-31(46)29(44)27(42)24(52-36)17-50-35-30(45)28(43)26(41)23(16-39)51-35)20(4)15-18(2)11-10-13-37(6,47)14-12-22-21(5)25(40)33(48-7)34(38-22)49-8/h9-12,14-15,20,23-24,26-32,35-36,39,41-47H,13,16-17H2,1-8H3,(H,38,40)/b11-10+,14-12+,18-15+,19-9+/t20-,23?,24?,26?,27?,28?,29?,30?,31?,32?,35?,36?,37?/m1/s1. The zero-order valence-corrected chi connectivity index (χ0v) is 31.4. The van der Waals surface area contributed by atoms with Crippen LogP contribution in [0.15, 0.2) is 46.3 Å². The molecule has 0 radical (unpaired) electrons. The molecular weight excluding hydrogens is 698 g/mol. The number of hydrogen-bond acceptors (Lipinski definition) is 15. The molecule has 1 aromatic heterocycles. The highest BCUT2D eigenvalue weighted by Crippen LogP contribution is 2.30. The summed E-state index contributed by atoms with van der Waals surface area (Å²) in [5, 5.41) is 83.0. The molecule has 0 aliphatic carbocycles. The van der Waals surface area contributed by atoms with E-state index in [4.69, 9.17) is 28.4 Å². The Balaban J connectivity index is 1.69. The van der Waals surface area contributed by atoms with E-state index < -0.39 is 86.3 Å². The van der Waals surface area contributed by atoms with E-state index in [1.165, 1.54) is 14.2 Å². The maximum absolute atomic E-state index is 12.6. The number of nitrogens with one attached hydrogen (secondary N) is 1. The predicted molar refractivity (Wildman–Crippen MR) is 192 cm³/mol. The molecule has 16 nitrogen and oxygen atoms in total. The van der Waals surface area contributed by atoms with Gasteiger partial charge in [0.25, 0.3) is 0 Å². The predicted octanol–water partition coefficient (Wildman–Crippen LogP) is -0.0311. The van der Waals surface area contributed by atoms with Crippen molar-refractivity contribution in [3.63, 3.8) is 0 Å². The fourth-order valence-electron chi connectivity index (χ4n) is 6.05. The molecule has 2 aliphatic heterocycles. The Bertz CT molecular complexity index is 1520. The van der Waals surface area contributed by atoms with Crippen LogP contribution in [0.3, 0.4) is 0 Å². The molecule has 0 spiro atoms. The SMILES string of the molecule is C/C=C(\C)C(OC1OC(COC2OC(CO)C(O)C(O)C2O)C(O)C(O)C1O)[C@H](C)/C=C(C)/C=C/CC(C)(O)/C=C/c1[nH]c(OC)c(OC)c(=O)c1C. The van der Waals surface area contributed by atoms with Crippen molar-refractivity contribution in [2.75, 3.05) is 27.4 Å². The van der Waals surface area contributed by atoms with Crippen LogP contribution < -0.4 is 14.9 Å². The van der Waals surface area contributed by atoms with Crippen LogP contribution in [-0.2, 0) is 18.9 Å². The van der Waals surface area contributed by atoms with Gasteiger partial charge in [0.2, 0.25) is 17.1 Å². The van der Waals surface area contributed by atoms with Gasteiger partial charge in [-0.2, -0.15) is 0 Å². The number of H-pyrrole nitrogens is 1. The minimum Gasteiger partial charge on any atom is -0.488 e. The van der Waals surface area contributed by atoms with Crippen LogP contribution in [0.4, 0.5) is 0 Å². The average Bonchev–Trinajstić information content (AvgIpc) is 3.12. The molecular formula is C37H57NO15. The van der Waals surface area contributed by atoms with E-state index in [1.807, 2.05) is 45.9 Å². The summed E-state index contributed by atoms with van der Waals surface area (Å²) in [5.41, 5.74) is 0.893. The normalized spacial score (nSPS) is 32.5. The first-order valence-electron chi connectivity index (χ1n) is 17.4. The Kier molecular flexibility index (Phi) is 16.4. The molecule has 3 rings (SSSR count). The van der Waals surface area contributed by atoms with E-state index >= 15 is 0 Å². The van der Waals surface area contributed by atoms with Crippen LogP contribution in [0.25, 0.3) is 6.08 Å². The zero-order valence-electron chi connectivity index (χ0n) is 31.4. The fraction of sp³-hybridized carbons (Fsp3) is 0.649. The number of pyridine rings is 1. The number of ether oxygens (including phenoxy) is 6. The van der Waals surface area contributed by atoms with Gasteiger partial charge in [0.05, 0.1) is 39.1 Å². The third kappa shape index (κ3) is 11.1. The molecule has 13 atom stereocenters. The van der Waals surface area contributed by atoms with Crippen molar-refractivity contribution in [3.8, 4) is 11.6 Å². The molecule has 12 unspecified atom stereocenters. The highest BCUT2D eigenvalue weighted by atomic mass is 16.7. The van der Waals surface area contributed by atoms with E-state index in [9.17, 15) is 45.6 Å². The van der Waals surface area contributed by atoms with Crippen molar-refractivity contribution in [1.29, 1.82) is 0 Å². The topological polar surface area (TPSA) is 250 Å². The monoisotopic (exact) mass is 755 g/mol. The van der Waals surface area contributed by atoms with Gasteiger partial charge in [-0.15, -0.1) is 0 Å². The van der Waals surface area contributed by atoms with Crippen LogP contribution in [0.5, 0.6) is 11.6 Å². The molecule has 2 fully saturated rings. The van der Waals surface area contributed by atoms with Gasteiger partial charge < -0.3 is 74.3 Å². The Hall–Kier alpha value is -2.97. The summed E-state index contributed by atoms with van der Waals surface area (Å²) < 4.78 is 33.3. The van der Waals surface area contributed by atoms with Gasteiger partial charge in [-0.25, -0.2) is 0 Å². The van der Waals surface area contributed by atoms with Crippen molar-refractivity contribution in [2.45, 2.75) is 121 Å². The molecule has 2 aliphatic rings. The number of aromatic nitrogens is 1. The Morgan fingerprint density at radius 3 is 2.13 bits per heavy atom. The van der Waals surface area contributed by atoms with Gasteiger partial charge in [-0.3, -0.25) is 4.79 Å². The van der Waals surface area contributed by atoms with Crippen LogP contribution in [0, 0.1) is 12.8 Å². The van der Waals surface area contributed by atoms with Crippen LogP contribution >= 0.6 is 0 Å². The summed E-state index contributed by atoms with van der Waals surface area (Å²) in [6.07, 6.45) is -5.17. The summed E-state index contributed by atoms with van der Waals surface area (Å²) in [4.78, 5) is 15.6. The number of hydrogen-bond donors (Lipinski definition) is 9. The third-order valence-electron chi connectivity index (χ3n) is 9.46. The lowest BCUT2D eigenvalue weighted by molar-refractivity contribution is -0.335. The second kappa shape index (κ2) is 19.6. The largest absolute Gasteiger partial charge is 0.488 e. The van der Waals surface area contributed by atoms with Crippen molar-refractivity contribution < 1.29 is 69.3 Å². The number of aliphatic hydroxyl groups excluding tert-OH is 7. The molecule has 16 heteroatoms. The Labute approximate surface area is 309 Å². The Morgan fingerprint density at radius 1 is 0.943 bits per heavy atom. The number of aliphatic hydroxyl groups is 8. The maximum Gasteiger partial charge on any atom is 0.238 e. The maximum atomic E-state index is 12.6. The van der Waals surface area contributed by atoms with Crippen molar-refractivity contribution in [3.05, 3.63) is 63.0 Å². The van der Waals surface area contributed by atoms with Crippen molar-refractivity contribution in [1.82, 2.24) is 4.98 Å². The minimum absolute atomic E-state index is 0.0633. The average molecular weight is 756 g/mol. The highest BCUT2D eigenvalue weighted by Gasteiger charge is 2.48. The van der Waals surface area contributed by atoms with E-state index in [1.54, 1.807) is 32.1 Å². The molecule has 0 bridgehead atoms. The van der Waals surface area contributed by atoms with Gasteiger partial charge in [-0.05, 0) is 52.7 Å². The summed E-state index contributed by atoms with van der Waals surface area (Å²) in [6, 6.07) is 0. The minimum atomic E-state index is -1.70. The summed E-state index contributed by atoms with van der Waals surface area (Å²) in [7, 11) is 2.79. The van der Waals surface area contributed by atoms with E-state index in [0.717, 1.165) is 11.1 Å². The molecule has 0 saturated carbocycles. The molecule has 1 aromatic rings. The molecule has 2 saturated heterocycles. The Morgan fingerprint density at radius 2 is 1.55 bits per heavy atom. The first kappa shape index (κ1) is 44.4. The molecule has 9 N–H and O–H groups in total. The first-order valence-corrected chi connectivity index (χ1v) is 17.4. The van der Waals surface area contributed by atoms with Gasteiger partial charge in [0.15, 0.2) is 12.6 Å². The van der Waals surface area contributed by atoms with Gasteiger partial charge >= 0.3 is 0 Å². The molecule has 300 valence electrons. The molecule has 0 amide bonds. The number of rotatable bonds is 16. The van der Waals surface area contributed by atoms with Crippen LogP contribution in [-0.4, -0.2) is 146 Å². The summed E-state index contributed by atoms with van der Waals surface area (Å²) in [6.45, 7) is 9.54. The summed E-state index contributed by atoms with van der Waals surface area (Å²) in [5.74, 6) is -0.0651. The lowest BCUT2D eigenvalue weighted by Crippen LogP contribution is -2.62. The van der Waals surface area contributed by atoms with Crippen molar-refractivity contribution in [2.24, 2.45) is 5.92 Å². The number of aromatic amines is 1. The van der Waals surface area contributed by atoms with Gasteiger partial charge in [0, 0.05) is 17.2 Å². The zero-order chi connectivity index (χ0) is 39.8. The molecule has 53 heavy (non-hydrogen) atoms. The van der Waals surface area contributed by atoms with E-state index in [0.29, 0.717) is 11.3 Å². The highest BCUT2D eigenvalue weighted by molar-refractivity contribution is 5.54. The van der Waals surface area contributed by atoms with E-state index in [2.05, 4.69) is 4.98 Å². The third-order valence-corrected chi connectivity index (χ3v) is 9.46. The lowest BCUT2D eigenvalue weighted by Gasteiger charge is -2.43. The summed E-state index contributed by atoms with van der Waals surface area (Å²) >= 11 is 0. The van der Waals surface area contributed by atoms with Crippen LogP contribution in [0.1, 0.15) is 52.3 Å². The smallest absolute Gasteiger partial charge is 0.238 e.